The summed E-state index contributed by atoms with van der Waals surface area (Å²) < 4.78 is 0. The maximum atomic E-state index is 2.56. The Morgan fingerprint density at radius 1 is 0.305 bits per heavy atom. The standard InChI is InChI=1S/C58H41N/c1-57(2)49-27-12-9-23-43(49)45-34-33-41(37-53(45)57)59(54-30-15-11-22-42(54)39-20-7-4-8-21-39)55-31-16-14-29-52(55)58-50-28-13-10-24-44(50)46-25-17-26-47(56(46)58)48-36-40(32-35-51(48)58)38-18-5-3-6-19-38/h3-37H,1-2H3. The number of rotatable bonds is 6. The Kier molecular flexibility index (Phi) is 7.26. The zero-order valence-corrected chi connectivity index (χ0v) is 33.2. The molecule has 0 spiro atoms. The van der Waals surface area contributed by atoms with Gasteiger partial charge in [0.2, 0.25) is 0 Å². The molecule has 59 heavy (non-hydrogen) atoms. The van der Waals surface area contributed by atoms with E-state index in [1.807, 2.05) is 0 Å². The van der Waals surface area contributed by atoms with E-state index in [-0.39, 0.29) is 5.41 Å². The van der Waals surface area contributed by atoms with Crippen LogP contribution in [0.4, 0.5) is 17.1 Å². The summed E-state index contributed by atoms with van der Waals surface area (Å²) in [6, 6.07) is 79.3. The summed E-state index contributed by atoms with van der Waals surface area (Å²) in [4.78, 5) is 2.56. The molecular weight excluding hydrogens is 711 g/mol. The highest BCUT2D eigenvalue weighted by Crippen LogP contribution is 2.66. The van der Waals surface area contributed by atoms with Crippen molar-refractivity contribution in [2.24, 2.45) is 0 Å². The lowest BCUT2D eigenvalue weighted by molar-refractivity contribution is 0.660. The fraction of sp³-hybridized carbons (Fsp3) is 0.0690. The van der Waals surface area contributed by atoms with Crippen molar-refractivity contribution >= 4 is 17.1 Å². The van der Waals surface area contributed by atoms with E-state index in [0.717, 1.165) is 11.4 Å². The van der Waals surface area contributed by atoms with Crippen LogP contribution < -0.4 is 4.90 Å². The zero-order valence-electron chi connectivity index (χ0n) is 33.2. The van der Waals surface area contributed by atoms with Gasteiger partial charge in [0.15, 0.2) is 0 Å². The van der Waals surface area contributed by atoms with E-state index >= 15 is 0 Å². The minimum atomic E-state index is -0.546. The Balaban J connectivity index is 1.17. The van der Waals surface area contributed by atoms with Gasteiger partial charge < -0.3 is 4.90 Å². The van der Waals surface area contributed by atoms with E-state index in [1.165, 1.54) is 94.7 Å². The first kappa shape index (κ1) is 33.9. The first-order chi connectivity index (χ1) is 29.0. The zero-order chi connectivity index (χ0) is 39.3. The molecule has 0 radical (unpaired) electrons. The van der Waals surface area contributed by atoms with Crippen molar-refractivity contribution in [3.05, 3.63) is 246 Å². The molecule has 0 aliphatic heterocycles. The van der Waals surface area contributed by atoms with Crippen LogP contribution in [0.3, 0.4) is 0 Å². The lowest BCUT2D eigenvalue weighted by Crippen LogP contribution is -2.29. The van der Waals surface area contributed by atoms with Gasteiger partial charge in [-0.15, -0.1) is 0 Å². The molecule has 0 heterocycles. The van der Waals surface area contributed by atoms with E-state index in [0.29, 0.717) is 0 Å². The van der Waals surface area contributed by atoms with Gasteiger partial charge in [0.25, 0.3) is 0 Å². The molecule has 1 heteroatoms. The molecule has 0 fully saturated rings. The van der Waals surface area contributed by atoms with E-state index < -0.39 is 5.41 Å². The van der Waals surface area contributed by atoms with Crippen LogP contribution in [0.1, 0.15) is 47.2 Å². The van der Waals surface area contributed by atoms with E-state index in [4.69, 9.17) is 0 Å². The molecule has 0 N–H and O–H groups in total. The smallest absolute Gasteiger partial charge is 0.0745 e. The van der Waals surface area contributed by atoms with Crippen LogP contribution >= 0.6 is 0 Å². The fourth-order valence-electron chi connectivity index (χ4n) is 10.9. The largest absolute Gasteiger partial charge is 0.310 e. The van der Waals surface area contributed by atoms with Gasteiger partial charge in [0, 0.05) is 16.7 Å². The molecule has 0 bridgehead atoms. The molecule has 0 saturated carbocycles. The summed E-state index contributed by atoms with van der Waals surface area (Å²) in [5.74, 6) is 0. The highest BCUT2D eigenvalue weighted by atomic mass is 15.1. The topological polar surface area (TPSA) is 3.24 Å². The second-order valence-electron chi connectivity index (χ2n) is 16.8. The van der Waals surface area contributed by atoms with Gasteiger partial charge in [-0.05, 0) is 114 Å². The summed E-state index contributed by atoms with van der Waals surface area (Å²) in [5, 5.41) is 0. The molecule has 1 unspecified atom stereocenters. The molecule has 1 atom stereocenters. The molecule has 0 saturated heterocycles. The van der Waals surface area contributed by atoms with Crippen LogP contribution in [0.25, 0.3) is 55.6 Å². The van der Waals surface area contributed by atoms with Crippen LogP contribution in [0.15, 0.2) is 212 Å². The number of hydrogen-bond acceptors (Lipinski definition) is 1. The molecule has 9 aromatic carbocycles. The highest BCUT2D eigenvalue weighted by Gasteiger charge is 2.53. The Hall–Kier alpha value is -7.22. The SMILES string of the molecule is CC1(C)c2ccccc2-c2ccc(N(c3ccccc3-c3ccccc3)c3ccccc3C34c5ccccc5-c5cccc(c53)-c3cc(-c5ccccc5)ccc34)cc21. The number of anilines is 3. The summed E-state index contributed by atoms with van der Waals surface area (Å²) in [6.07, 6.45) is 0. The Bertz CT molecular complexity index is 3140. The number of para-hydroxylation sites is 2. The first-order valence-electron chi connectivity index (χ1n) is 20.8. The molecule has 0 amide bonds. The maximum Gasteiger partial charge on any atom is 0.0745 e. The van der Waals surface area contributed by atoms with Gasteiger partial charge in [0.1, 0.15) is 0 Å². The number of nitrogens with zero attached hydrogens (tertiary/aromatic N) is 1. The highest BCUT2D eigenvalue weighted by molar-refractivity contribution is 6.02. The van der Waals surface area contributed by atoms with Gasteiger partial charge in [-0.2, -0.15) is 0 Å². The lowest BCUT2D eigenvalue weighted by Gasteiger charge is -2.37. The lowest BCUT2D eigenvalue weighted by atomic mass is 9.69. The quantitative estimate of drug-likeness (QED) is 0.164. The predicted molar refractivity (Wildman–Crippen MR) is 246 cm³/mol. The summed E-state index contributed by atoms with van der Waals surface area (Å²) >= 11 is 0. The molecule has 1 nitrogen and oxygen atoms in total. The monoisotopic (exact) mass is 751 g/mol. The minimum Gasteiger partial charge on any atom is -0.310 e. The summed E-state index contributed by atoms with van der Waals surface area (Å²) in [6.45, 7) is 4.76. The van der Waals surface area contributed by atoms with Crippen LogP contribution in [0.2, 0.25) is 0 Å². The molecular formula is C58H41N. The van der Waals surface area contributed by atoms with Crippen molar-refractivity contribution in [1.82, 2.24) is 0 Å². The van der Waals surface area contributed by atoms with E-state index in [9.17, 15) is 0 Å². The molecule has 278 valence electrons. The van der Waals surface area contributed by atoms with Crippen molar-refractivity contribution in [2.45, 2.75) is 24.7 Å². The van der Waals surface area contributed by atoms with E-state index in [1.54, 1.807) is 0 Å². The van der Waals surface area contributed by atoms with Crippen LogP contribution in [-0.2, 0) is 10.8 Å². The van der Waals surface area contributed by atoms with Crippen LogP contribution in [0.5, 0.6) is 0 Å². The fourth-order valence-corrected chi connectivity index (χ4v) is 10.9. The average molecular weight is 752 g/mol. The average Bonchev–Trinajstić information content (AvgIpc) is 3.86. The van der Waals surface area contributed by atoms with Crippen LogP contribution in [-0.4, -0.2) is 0 Å². The predicted octanol–water partition coefficient (Wildman–Crippen LogP) is 15.1. The van der Waals surface area contributed by atoms with Gasteiger partial charge >= 0.3 is 0 Å². The molecule has 0 aromatic heterocycles. The third-order valence-electron chi connectivity index (χ3n) is 13.5. The Morgan fingerprint density at radius 3 is 1.58 bits per heavy atom. The number of benzene rings is 9. The Labute approximate surface area is 346 Å². The first-order valence-corrected chi connectivity index (χ1v) is 20.8. The third kappa shape index (κ3) is 4.67. The second kappa shape index (κ2) is 12.6. The minimum absolute atomic E-state index is 0.149. The molecule has 12 rings (SSSR count). The molecule has 3 aliphatic carbocycles. The normalized spacial score (nSPS) is 15.8. The number of fused-ring (bicyclic) bond motifs is 9. The van der Waals surface area contributed by atoms with Crippen molar-refractivity contribution in [2.75, 3.05) is 4.90 Å². The van der Waals surface area contributed by atoms with Crippen LogP contribution in [0, 0.1) is 0 Å². The van der Waals surface area contributed by atoms with E-state index in [2.05, 4.69) is 231 Å². The molecule has 9 aromatic rings. The van der Waals surface area contributed by atoms with Gasteiger partial charge in [0.05, 0.1) is 16.8 Å². The van der Waals surface area contributed by atoms with Gasteiger partial charge in [-0.25, -0.2) is 0 Å². The Morgan fingerprint density at radius 2 is 0.831 bits per heavy atom. The number of hydrogen-bond donors (Lipinski definition) is 0. The summed E-state index contributed by atoms with van der Waals surface area (Å²) in [5.41, 5.74) is 23.6. The van der Waals surface area contributed by atoms with Crippen molar-refractivity contribution in [3.63, 3.8) is 0 Å². The third-order valence-corrected chi connectivity index (χ3v) is 13.5. The van der Waals surface area contributed by atoms with Crippen molar-refractivity contribution in [1.29, 1.82) is 0 Å². The van der Waals surface area contributed by atoms with Crippen molar-refractivity contribution in [3.8, 4) is 55.6 Å². The summed E-state index contributed by atoms with van der Waals surface area (Å²) in [7, 11) is 0. The van der Waals surface area contributed by atoms with Gasteiger partial charge in [-0.3, -0.25) is 0 Å². The maximum absolute atomic E-state index is 2.56. The second-order valence-corrected chi connectivity index (χ2v) is 16.8. The molecule has 3 aliphatic rings. The van der Waals surface area contributed by atoms with Crippen molar-refractivity contribution < 1.29 is 0 Å². The van der Waals surface area contributed by atoms with Gasteiger partial charge in [-0.1, -0.05) is 196 Å².